The van der Waals surface area contributed by atoms with Crippen LogP contribution in [0, 0.1) is 6.92 Å². The second-order valence-electron chi connectivity index (χ2n) is 8.51. The summed E-state index contributed by atoms with van der Waals surface area (Å²) in [6.07, 6.45) is 3.97. The van der Waals surface area contributed by atoms with Gasteiger partial charge in [-0.25, -0.2) is 0 Å². The summed E-state index contributed by atoms with van der Waals surface area (Å²) in [6, 6.07) is 18.1. The fourth-order valence-electron chi connectivity index (χ4n) is 2.40. The van der Waals surface area contributed by atoms with Crippen molar-refractivity contribution >= 4 is 25.2 Å². The van der Waals surface area contributed by atoms with Crippen LogP contribution in [0.5, 0.6) is 0 Å². The van der Waals surface area contributed by atoms with E-state index >= 15 is 0 Å². The van der Waals surface area contributed by atoms with Gasteiger partial charge in [-0.05, 0) is 42.8 Å². The smallest absolute Gasteiger partial charge is 0.192 e. The van der Waals surface area contributed by atoms with E-state index in [4.69, 9.17) is 4.43 Å². The maximum atomic E-state index is 12.9. The van der Waals surface area contributed by atoms with Crippen molar-refractivity contribution in [1.82, 2.24) is 0 Å². The van der Waals surface area contributed by atoms with E-state index in [1.807, 2.05) is 49.4 Å². The Kier molecular flexibility index (Phi) is 7.37. The number of aryl methyl sites for hydroxylation is 1. The molecule has 0 aliphatic carbocycles. The lowest BCUT2D eigenvalue weighted by Crippen LogP contribution is -2.44. The highest BCUT2D eigenvalue weighted by atomic mass is 32.2. The topological polar surface area (TPSA) is 26.3 Å². The number of rotatable bonds is 7. The Hall–Kier alpha value is -1.49. The van der Waals surface area contributed by atoms with Crippen LogP contribution in [-0.2, 0) is 15.2 Å². The van der Waals surface area contributed by atoms with E-state index < -0.39 is 19.1 Å². The minimum atomic E-state index is -1.97. The Labute approximate surface area is 168 Å². The van der Waals surface area contributed by atoms with Gasteiger partial charge in [0.2, 0.25) is 0 Å². The van der Waals surface area contributed by atoms with Gasteiger partial charge in [0.15, 0.2) is 8.32 Å². The lowest BCUT2D eigenvalue weighted by molar-refractivity contribution is 0.247. The van der Waals surface area contributed by atoms with Crippen molar-refractivity contribution in [1.29, 1.82) is 0 Å². The molecule has 0 spiro atoms. The van der Waals surface area contributed by atoms with Crippen LogP contribution in [0.25, 0.3) is 6.08 Å². The van der Waals surface area contributed by atoms with Crippen LogP contribution in [0.4, 0.5) is 0 Å². The molecule has 2 nitrogen and oxygen atoms in total. The molecule has 27 heavy (non-hydrogen) atoms. The first kappa shape index (κ1) is 21.8. The van der Waals surface area contributed by atoms with E-state index in [0.717, 1.165) is 10.5 Å². The van der Waals surface area contributed by atoms with Crippen molar-refractivity contribution < 1.29 is 8.63 Å². The normalized spacial score (nSPS) is 15.0. The Morgan fingerprint density at radius 2 is 1.63 bits per heavy atom. The zero-order valence-corrected chi connectivity index (χ0v) is 19.2. The molecule has 2 atom stereocenters. The molecule has 0 aliphatic heterocycles. The first-order chi connectivity index (χ1) is 12.6. The summed E-state index contributed by atoms with van der Waals surface area (Å²) in [6.45, 7) is 13.2. The highest BCUT2D eigenvalue weighted by Gasteiger charge is 2.39. The van der Waals surface area contributed by atoms with Gasteiger partial charge in [-0.1, -0.05) is 81.0 Å². The molecular formula is C23H32O2SSi. The van der Waals surface area contributed by atoms with E-state index in [1.54, 1.807) is 0 Å². The number of hydrogen-bond donors (Lipinski definition) is 0. The van der Waals surface area contributed by atoms with Gasteiger partial charge in [0.25, 0.3) is 0 Å². The maximum Gasteiger partial charge on any atom is 0.192 e. The van der Waals surface area contributed by atoms with Gasteiger partial charge in [0, 0.05) is 4.90 Å². The van der Waals surface area contributed by atoms with Crippen LogP contribution in [0.3, 0.4) is 0 Å². The molecule has 1 unspecified atom stereocenters. The summed E-state index contributed by atoms with van der Waals surface area (Å²) < 4.78 is 19.5. The molecule has 0 bridgehead atoms. The van der Waals surface area contributed by atoms with Gasteiger partial charge < -0.3 is 4.43 Å². The van der Waals surface area contributed by atoms with Crippen molar-refractivity contribution in [2.45, 2.75) is 56.8 Å². The quantitative estimate of drug-likeness (QED) is 0.517. The molecule has 0 heterocycles. The summed E-state index contributed by atoms with van der Waals surface area (Å²) in [4.78, 5) is 0.859. The molecule has 0 saturated heterocycles. The summed E-state index contributed by atoms with van der Waals surface area (Å²) in [5, 5.41) is 0.108. The van der Waals surface area contributed by atoms with Crippen LogP contribution >= 0.6 is 0 Å². The second kappa shape index (κ2) is 9.13. The molecule has 4 heteroatoms. The lowest BCUT2D eigenvalue weighted by atomic mass is 10.2. The highest BCUT2D eigenvalue weighted by molar-refractivity contribution is 7.85. The third-order valence-electron chi connectivity index (χ3n) is 5.15. The molecule has 2 rings (SSSR count). The fourth-order valence-corrected chi connectivity index (χ4v) is 4.90. The van der Waals surface area contributed by atoms with E-state index in [0.29, 0.717) is 5.75 Å². The zero-order valence-electron chi connectivity index (χ0n) is 17.4. The Balaban J connectivity index is 2.21. The Morgan fingerprint density at radius 1 is 1.04 bits per heavy atom. The molecule has 0 radical (unpaired) electrons. The summed E-state index contributed by atoms with van der Waals surface area (Å²) in [5.41, 5.74) is 2.30. The van der Waals surface area contributed by atoms with Crippen LogP contribution in [0.1, 0.15) is 31.9 Å². The van der Waals surface area contributed by atoms with Crippen molar-refractivity contribution in [2.75, 3.05) is 5.75 Å². The average molecular weight is 401 g/mol. The Morgan fingerprint density at radius 3 is 2.19 bits per heavy atom. The van der Waals surface area contributed by atoms with Crippen molar-refractivity contribution in [3.63, 3.8) is 0 Å². The standard InChI is InChI=1S/C23H32O2SSi/c1-19-12-16-22(17-13-19)26(24)18-21(25-27(5,6)23(2,3)4)15-14-20-10-8-7-9-11-20/h7-17,21H,18H2,1-6H3/b15-14+/t21-,26?/m1/s1. The first-order valence-electron chi connectivity index (χ1n) is 9.44. The van der Waals surface area contributed by atoms with Crippen LogP contribution in [0.15, 0.2) is 65.6 Å². The molecule has 0 aliphatic rings. The third-order valence-corrected chi connectivity index (χ3v) is 11.1. The molecule has 2 aromatic carbocycles. The molecule has 0 aromatic heterocycles. The average Bonchev–Trinajstić information content (AvgIpc) is 2.60. The second-order valence-corrected chi connectivity index (χ2v) is 14.8. The molecule has 2 aromatic rings. The number of benzene rings is 2. The van der Waals surface area contributed by atoms with Crippen LogP contribution in [0.2, 0.25) is 18.1 Å². The van der Waals surface area contributed by atoms with Crippen molar-refractivity contribution in [3.05, 3.63) is 71.8 Å². The molecule has 0 amide bonds. The molecule has 146 valence electrons. The molecule has 0 fully saturated rings. The van der Waals surface area contributed by atoms with E-state index in [-0.39, 0.29) is 11.1 Å². The van der Waals surface area contributed by atoms with Gasteiger partial charge in [0.1, 0.15) is 0 Å². The van der Waals surface area contributed by atoms with Crippen LogP contribution < -0.4 is 0 Å². The highest BCUT2D eigenvalue weighted by Crippen LogP contribution is 2.37. The first-order valence-corrected chi connectivity index (χ1v) is 13.7. The van der Waals surface area contributed by atoms with Gasteiger partial charge >= 0.3 is 0 Å². The monoisotopic (exact) mass is 400 g/mol. The largest absolute Gasteiger partial charge is 0.410 e. The van der Waals surface area contributed by atoms with Crippen molar-refractivity contribution in [2.24, 2.45) is 0 Å². The van der Waals surface area contributed by atoms with Gasteiger partial charge in [0.05, 0.1) is 22.7 Å². The van der Waals surface area contributed by atoms with Gasteiger partial charge in [-0.3, -0.25) is 4.21 Å². The molecular weight excluding hydrogens is 368 g/mol. The summed E-state index contributed by atoms with van der Waals surface area (Å²) in [7, 11) is -3.06. The summed E-state index contributed by atoms with van der Waals surface area (Å²) >= 11 is 0. The molecule has 0 N–H and O–H groups in total. The predicted octanol–water partition coefficient (Wildman–Crippen LogP) is 6.21. The predicted molar refractivity (Wildman–Crippen MR) is 120 cm³/mol. The Bertz CT molecular complexity index is 774. The van der Waals surface area contributed by atoms with E-state index in [2.05, 4.69) is 58.2 Å². The molecule has 0 saturated carbocycles. The zero-order chi connectivity index (χ0) is 20.1. The number of hydrogen-bond acceptors (Lipinski definition) is 2. The minimum Gasteiger partial charge on any atom is -0.410 e. The van der Waals surface area contributed by atoms with E-state index in [9.17, 15) is 4.21 Å². The SMILES string of the molecule is Cc1ccc(S(=O)C[C@@H](/C=C/c2ccccc2)O[Si](C)(C)C(C)(C)C)cc1. The summed E-state index contributed by atoms with van der Waals surface area (Å²) in [5.74, 6) is 0.471. The van der Waals surface area contributed by atoms with Crippen molar-refractivity contribution in [3.8, 4) is 0 Å². The fraction of sp³-hybridized carbons (Fsp3) is 0.391. The van der Waals surface area contributed by atoms with Crippen LogP contribution in [-0.4, -0.2) is 24.4 Å². The third kappa shape index (κ3) is 6.56. The minimum absolute atomic E-state index is 0.108. The maximum absolute atomic E-state index is 12.9. The van der Waals surface area contributed by atoms with E-state index in [1.165, 1.54) is 5.56 Å². The van der Waals surface area contributed by atoms with Gasteiger partial charge in [-0.2, -0.15) is 0 Å². The lowest BCUT2D eigenvalue weighted by Gasteiger charge is -2.38. The van der Waals surface area contributed by atoms with Gasteiger partial charge in [-0.15, -0.1) is 0 Å².